The maximum atomic E-state index is 12.1. The Morgan fingerprint density at radius 3 is 2.76 bits per heavy atom. The molecule has 0 atom stereocenters. The predicted octanol–water partition coefficient (Wildman–Crippen LogP) is 5.33. The number of hydrogen-bond acceptors (Lipinski definition) is 4. The molecule has 1 fully saturated rings. The van der Waals surface area contributed by atoms with Gasteiger partial charge in [-0.1, -0.05) is 54.8 Å². The van der Waals surface area contributed by atoms with Crippen LogP contribution in [0.3, 0.4) is 0 Å². The molecule has 0 unspecified atom stereocenters. The average molecular weight is 395 g/mol. The fraction of sp³-hybridized carbons (Fsp3) is 0.474. The van der Waals surface area contributed by atoms with Gasteiger partial charge >= 0.3 is 0 Å². The van der Waals surface area contributed by atoms with E-state index < -0.39 is 0 Å². The third-order valence-electron chi connectivity index (χ3n) is 4.46. The third kappa shape index (κ3) is 6.32. The lowest BCUT2D eigenvalue weighted by Crippen LogP contribution is -2.31. The van der Waals surface area contributed by atoms with Crippen molar-refractivity contribution in [2.45, 2.75) is 48.6 Å². The molecule has 6 heteroatoms. The molecule has 134 valence electrons. The fourth-order valence-electron chi connectivity index (χ4n) is 3.04. The van der Waals surface area contributed by atoms with E-state index in [-0.39, 0.29) is 5.91 Å². The first kappa shape index (κ1) is 18.7. The summed E-state index contributed by atoms with van der Waals surface area (Å²) < 4.78 is 1.00. The Kier molecular flexibility index (Phi) is 7.20. The quantitative estimate of drug-likeness (QED) is 0.645. The zero-order chi connectivity index (χ0) is 17.5. The van der Waals surface area contributed by atoms with Gasteiger partial charge in [0, 0.05) is 22.7 Å². The van der Waals surface area contributed by atoms with E-state index in [2.05, 4.69) is 10.3 Å². The molecule has 0 radical (unpaired) electrons. The normalized spacial score (nSPS) is 15.2. The Labute approximate surface area is 162 Å². The Morgan fingerprint density at radius 2 is 2.00 bits per heavy atom. The highest BCUT2D eigenvalue weighted by Gasteiger charge is 2.15. The molecule has 3 nitrogen and oxygen atoms in total. The van der Waals surface area contributed by atoms with Crippen LogP contribution in [0.5, 0.6) is 0 Å². The first-order chi connectivity index (χ1) is 12.2. The largest absolute Gasteiger partial charge is 0.355 e. The summed E-state index contributed by atoms with van der Waals surface area (Å²) in [5, 5.41) is 5.82. The molecule has 1 N–H and O–H groups in total. The number of carbonyl (C=O) groups is 1. The zero-order valence-corrected chi connectivity index (χ0v) is 16.6. The highest BCUT2D eigenvalue weighted by molar-refractivity contribution is 8.00. The van der Waals surface area contributed by atoms with Crippen LogP contribution in [0.25, 0.3) is 0 Å². The molecule has 25 heavy (non-hydrogen) atoms. The third-order valence-corrected chi connectivity index (χ3v) is 6.85. The van der Waals surface area contributed by atoms with E-state index in [0.717, 1.165) is 27.4 Å². The topological polar surface area (TPSA) is 42.0 Å². The minimum atomic E-state index is 0.0881. The van der Waals surface area contributed by atoms with Gasteiger partial charge in [-0.25, -0.2) is 4.98 Å². The van der Waals surface area contributed by atoms with Crippen LogP contribution in [0.2, 0.25) is 5.02 Å². The van der Waals surface area contributed by atoms with Gasteiger partial charge in [0.2, 0.25) is 5.91 Å². The summed E-state index contributed by atoms with van der Waals surface area (Å²) in [6.07, 6.45) is 6.84. The Bertz CT molecular complexity index is 681. The van der Waals surface area contributed by atoms with Crippen LogP contribution >= 0.6 is 34.7 Å². The molecule has 1 aromatic heterocycles. The van der Waals surface area contributed by atoms with Crippen molar-refractivity contribution >= 4 is 40.6 Å². The second kappa shape index (κ2) is 9.60. The van der Waals surface area contributed by atoms with E-state index >= 15 is 0 Å². The lowest BCUT2D eigenvalue weighted by molar-refractivity contribution is -0.120. The number of hydrogen-bond donors (Lipinski definition) is 1. The van der Waals surface area contributed by atoms with Crippen LogP contribution in [0.15, 0.2) is 34.0 Å². The van der Waals surface area contributed by atoms with Gasteiger partial charge in [-0.2, -0.15) is 0 Å². The SMILES string of the molecule is O=C(Cc1csc(SCc2ccc(Cl)cc2)n1)NCC1CCCCC1. The maximum Gasteiger partial charge on any atom is 0.226 e. The molecule has 1 heterocycles. The summed E-state index contributed by atoms with van der Waals surface area (Å²) in [6, 6.07) is 7.87. The minimum Gasteiger partial charge on any atom is -0.355 e. The molecule has 2 aromatic rings. The Morgan fingerprint density at radius 1 is 1.24 bits per heavy atom. The van der Waals surface area contributed by atoms with Gasteiger partial charge in [-0.05, 0) is 36.5 Å². The number of thioether (sulfide) groups is 1. The monoisotopic (exact) mass is 394 g/mol. The fourth-order valence-corrected chi connectivity index (χ4v) is 4.96. The first-order valence-electron chi connectivity index (χ1n) is 8.77. The summed E-state index contributed by atoms with van der Waals surface area (Å²) in [4.78, 5) is 16.7. The number of carbonyl (C=O) groups excluding carboxylic acids is 1. The van der Waals surface area contributed by atoms with Gasteiger partial charge < -0.3 is 5.32 Å². The molecule has 1 aliphatic carbocycles. The van der Waals surface area contributed by atoms with Gasteiger partial charge in [0.1, 0.15) is 4.34 Å². The van der Waals surface area contributed by atoms with Crippen LogP contribution < -0.4 is 5.32 Å². The van der Waals surface area contributed by atoms with Crippen LogP contribution in [-0.2, 0) is 17.0 Å². The second-order valence-corrected chi connectivity index (χ2v) is 9.02. The number of amides is 1. The van der Waals surface area contributed by atoms with Crippen molar-refractivity contribution in [2.75, 3.05) is 6.54 Å². The van der Waals surface area contributed by atoms with Crippen molar-refractivity contribution in [3.8, 4) is 0 Å². The van der Waals surface area contributed by atoms with E-state index in [0.29, 0.717) is 12.3 Å². The average Bonchev–Trinajstić information content (AvgIpc) is 3.08. The molecule has 1 aliphatic rings. The van der Waals surface area contributed by atoms with Gasteiger partial charge in [0.05, 0.1) is 12.1 Å². The molecule has 1 aromatic carbocycles. The number of aromatic nitrogens is 1. The highest BCUT2D eigenvalue weighted by Crippen LogP contribution is 2.27. The van der Waals surface area contributed by atoms with Crippen molar-refractivity contribution in [2.24, 2.45) is 5.92 Å². The van der Waals surface area contributed by atoms with Crippen molar-refractivity contribution in [3.63, 3.8) is 0 Å². The number of thiazole rings is 1. The van der Waals surface area contributed by atoms with Gasteiger partial charge in [0.15, 0.2) is 0 Å². The molecule has 0 spiro atoms. The maximum absolute atomic E-state index is 12.1. The second-order valence-electron chi connectivity index (χ2n) is 6.50. The first-order valence-corrected chi connectivity index (χ1v) is 11.0. The summed E-state index contributed by atoms with van der Waals surface area (Å²) in [6.45, 7) is 0.821. The molecule has 1 saturated carbocycles. The molecule has 0 bridgehead atoms. The summed E-state index contributed by atoms with van der Waals surface area (Å²) in [5.41, 5.74) is 2.08. The van der Waals surface area contributed by atoms with Gasteiger partial charge in [-0.15, -0.1) is 11.3 Å². The lowest BCUT2D eigenvalue weighted by atomic mass is 9.89. The van der Waals surface area contributed by atoms with Crippen molar-refractivity contribution in [3.05, 3.63) is 45.9 Å². The van der Waals surface area contributed by atoms with E-state index in [1.165, 1.54) is 37.7 Å². The van der Waals surface area contributed by atoms with E-state index in [9.17, 15) is 4.79 Å². The van der Waals surface area contributed by atoms with Crippen molar-refractivity contribution in [1.82, 2.24) is 10.3 Å². The standard InChI is InChI=1S/C19H23ClN2OS2/c20-16-8-6-15(7-9-16)12-24-19-22-17(13-25-19)10-18(23)21-11-14-4-2-1-3-5-14/h6-9,13-14H,1-5,10-12H2,(H,21,23). The Balaban J connectivity index is 1.41. The molecular formula is C19H23ClN2OS2. The van der Waals surface area contributed by atoms with E-state index in [4.69, 9.17) is 11.6 Å². The van der Waals surface area contributed by atoms with Crippen LogP contribution in [-0.4, -0.2) is 17.4 Å². The molecule has 0 saturated heterocycles. The predicted molar refractivity (Wildman–Crippen MR) is 106 cm³/mol. The van der Waals surface area contributed by atoms with Gasteiger partial charge in [0.25, 0.3) is 0 Å². The molecular weight excluding hydrogens is 372 g/mol. The van der Waals surface area contributed by atoms with Gasteiger partial charge in [-0.3, -0.25) is 4.79 Å². The summed E-state index contributed by atoms with van der Waals surface area (Å²) in [5.74, 6) is 1.61. The molecule has 0 aliphatic heterocycles. The smallest absolute Gasteiger partial charge is 0.226 e. The molecule has 1 amide bonds. The zero-order valence-electron chi connectivity index (χ0n) is 14.2. The summed E-state index contributed by atoms with van der Waals surface area (Å²) >= 11 is 9.20. The number of nitrogens with one attached hydrogen (secondary N) is 1. The lowest BCUT2D eigenvalue weighted by Gasteiger charge is -2.21. The minimum absolute atomic E-state index is 0.0881. The van der Waals surface area contributed by atoms with Crippen LogP contribution in [0.1, 0.15) is 43.4 Å². The van der Waals surface area contributed by atoms with Crippen molar-refractivity contribution in [1.29, 1.82) is 0 Å². The number of halogens is 1. The van der Waals surface area contributed by atoms with Crippen LogP contribution in [0.4, 0.5) is 0 Å². The van der Waals surface area contributed by atoms with Crippen LogP contribution in [0, 0.1) is 5.92 Å². The number of benzene rings is 1. The van der Waals surface area contributed by atoms with Crippen molar-refractivity contribution < 1.29 is 4.79 Å². The highest BCUT2D eigenvalue weighted by atomic mass is 35.5. The van der Waals surface area contributed by atoms with E-state index in [1.54, 1.807) is 23.1 Å². The Hall–Kier alpha value is -1.04. The van der Waals surface area contributed by atoms with E-state index in [1.807, 2.05) is 29.6 Å². The number of rotatable bonds is 7. The molecule has 3 rings (SSSR count). The number of nitrogens with zero attached hydrogens (tertiary/aromatic N) is 1. The summed E-state index contributed by atoms with van der Waals surface area (Å²) in [7, 11) is 0.